The van der Waals surface area contributed by atoms with Crippen molar-refractivity contribution in [3.63, 3.8) is 0 Å². The van der Waals surface area contributed by atoms with E-state index in [2.05, 4.69) is 0 Å². The summed E-state index contributed by atoms with van der Waals surface area (Å²) in [5, 5.41) is 12.3. The molecule has 0 aromatic heterocycles. The maximum absolute atomic E-state index is 12.3. The first kappa shape index (κ1) is 37.2. The average molecular weight is 709 g/mol. The summed E-state index contributed by atoms with van der Waals surface area (Å²) >= 11 is 0. The molecule has 4 aromatic rings. The molecule has 0 radical (unpaired) electrons. The van der Waals surface area contributed by atoms with Gasteiger partial charge in [-0.15, -0.1) is 0 Å². The van der Waals surface area contributed by atoms with Crippen molar-refractivity contribution in [2.24, 2.45) is 0 Å². The first-order valence-corrected chi connectivity index (χ1v) is 18.8. The third-order valence-electron chi connectivity index (χ3n) is 7.28. The number of hydrogen-bond donors (Lipinski definition) is 1. The van der Waals surface area contributed by atoms with E-state index in [-0.39, 0.29) is 35.2 Å². The minimum Gasteiger partial charge on any atom is -0.396 e. The maximum atomic E-state index is 12.3. The summed E-state index contributed by atoms with van der Waals surface area (Å²) in [6, 6.07) is 24.9. The fraction of sp³-hybridized carbons (Fsp3) is 0.412. The maximum Gasteiger partial charge on any atom is 0.296 e. The van der Waals surface area contributed by atoms with Crippen molar-refractivity contribution in [2.75, 3.05) is 26.4 Å². The lowest BCUT2D eigenvalue weighted by atomic mass is 10.1. The van der Waals surface area contributed by atoms with E-state index < -0.39 is 30.7 Å². The molecule has 2 aliphatic heterocycles. The monoisotopic (exact) mass is 708 g/mol. The van der Waals surface area contributed by atoms with Crippen LogP contribution in [0.1, 0.15) is 40.5 Å². The van der Waals surface area contributed by atoms with Gasteiger partial charge in [-0.1, -0.05) is 60.7 Å². The Morgan fingerprint density at radius 1 is 0.702 bits per heavy atom. The summed E-state index contributed by atoms with van der Waals surface area (Å²) in [5.74, 6) is -1.05. The number of aliphatic hydroxyl groups excluding tert-OH is 1. The van der Waals surface area contributed by atoms with Gasteiger partial charge in [-0.05, 0) is 79.9 Å². The number of ether oxygens (including phenoxy) is 4. The molecule has 2 heterocycles. The molecule has 4 aromatic carbocycles. The summed E-state index contributed by atoms with van der Waals surface area (Å²) in [5.41, 5.74) is 0. The predicted octanol–water partition coefficient (Wildman–Crippen LogP) is 6.37. The summed E-state index contributed by atoms with van der Waals surface area (Å²) in [6.45, 7) is 8.72. The highest BCUT2D eigenvalue weighted by Crippen LogP contribution is 2.26. The molecule has 10 nitrogen and oxygen atoms in total. The van der Waals surface area contributed by atoms with Crippen LogP contribution in [0, 0.1) is 0 Å². The molecule has 47 heavy (non-hydrogen) atoms. The van der Waals surface area contributed by atoms with Crippen LogP contribution in [0.25, 0.3) is 21.5 Å². The van der Waals surface area contributed by atoms with Crippen molar-refractivity contribution < 1.29 is 45.1 Å². The van der Waals surface area contributed by atoms with Crippen LogP contribution >= 0.6 is 10.7 Å². The first-order valence-electron chi connectivity index (χ1n) is 15.1. The second-order valence-corrected chi connectivity index (χ2v) is 16.1. The van der Waals surface area contributed by atoms with E-state index in [1.54, 1.807) is 30.3 Å². The van der Waals surface area contributed by atoms with Gasteiger partial charge in [0.15, 0.2) is 11.6 Å². The SMILES string of the molecule is CC1(C)OCC(CCO)O1.CC1(C)OCC(CCOS(=O)(=O)c2ccc3ccccc3c2)O1.O=S(=O)(Cl)c1ccc2ccccc2c1. The van der Waals surface area contributed by atoms with E-state index in [1.807, 2.05) is 76.2 Å². The van der Waals surface area contributed by atoms with Gasteiger partial charge in [-0.25, -0.2) is 8.42 Å². The molecule has 0 amide bonds. The number of halogens is 1. The highest BCUT2D eigenvalue weighted by Gasteiger charge is 2.33. The molecule has 0 bridgehead atoms. The van der Waals surface area contributed by atoms with Crippen molar-refractivity contribution in [3.05, 3.63) is 84.9 Å². The van der Waals surface area contributed by atoms with E-state index in [4.69, 9.17) is 38.9 Å². The van der Waals surface area contributed by atoms with Crippen molar-refractivity contribution in [1.29, 1.82) is 0 Å². The average Bonchev–Trinajstić information content (AvgIpc) is 3.55. The highest BCUT2D eigenvalue weighted by atomic mass is 35.7. The van der Waals surface area contributed by atoms with Gasteiger partial charge < -0.3 is 24.1 Å². The Bertz CT molecular complexity index is 1860. The zero-order valence-corrected chi connectivity index (χ0v) is 29.2. The summed E-state index contributed by atoms with van der Waals surface area (Å²) in [4.78, 5) is 0.304. The lowest BCUT2D eigenvalue weighted by Crippen LogP contribution is -2.22. The Labute approximate surface area is 281 Å². The second kappa shape index (κ2) is 15.7. The zero-order chi connectivity index (χ0) is 34.3. The molecular weight excluding hydrogens is 668 g/mol. The van der Waals surface area contributed by atoms with Gasteiger partial charge in [-0.2, -0.15) is 8.42 Å². The molecule has 2 fully saturated rings. The van der Waals surface area contributed by atoms with Crippen LogP contribution in [0.15, 0.2) is 94.7 Å². The topological polar surface area (TPSA) is 135 Å². The number of hydrogen-bond acceptors (Lipinski definition) is 10. The van der Waals surface area contributed by atoms with Crippen LogP contribution in [-0.4, -0.2) is 72.2 Å². The second-order valence-electron chi connectivity index (χ2n) is 11.9. The minimum absolute atomic E-state index is 0.0687. The van der Waals surface area contributed by atoms with Gasteiger partial charge in [-0.3, -0.25) is 4.18 Å². The fourth-order valence-electron chi connectivity index (χ4n) is 4.95. The first-order chi connectivity index (χ1) is 22.1. The molecule has 2 unspecified atom stereocenters. The van der Waals surface area contributed by atoms with Crippen molar-refractivity contribution in [2.45, 2.75) is 74.1 Å². The number of benzene rings is 4. The molecule has 0 spiro atoms. The third kappa shape index (κ3) is 11.2. The molecule has 0 aliphatic carbocycles. The molecular formula is C34H41ClO10S2. The van der Waals surface area contributed by atoms with Gasteiger partial charge in [0.05, 0.1) is 41.8 Å². The van der Waals surface area contributed by atoms with Crippen LogP contribution in [0.2, 0.25) is 0 Å². The van der Waals surface area contributed by atoms with E-state index in [0.717, 1.165) is 21.5 Å². The van der Waals surface area contributed by atoms with Gasteiger partial charge in [0.2, 0.25) is 0 Å². The molecule has 0 saturated carbocycles. The highest BCUT2D eigenvalue weighted by molar-refractivity contribution is 8.13. The lowest BCUT2D eigenvalue weighted by Gasteiger charge is -2.16. The molecule has 256 valence electrons. The lowest BCUT2D eigenvalue weighted by molar-refractivity contribution is -0.140. The largest absolute Gasteiger partial charge is 0.396 e. The zero-order valence-electron chi connectivity index (χ0n) is 26.8. The van der Waals surface area contributed by atoms with Crippen molar-refractivity contribution >= 4 is 51.4 Å². The summed E-state index contributed by atoms with van der Waals surface area (Å²) in [7, 11) is -2.16. The van der Waals surface area contributed by atoms with Crippen LogP contribution in [-0.2, 0) is 42.3 Å². The molecule has 6 rings (SSSR count). The number of rotatable bonds is 8. The minimum atomic E-state index is -3.77. The van der Waals surface area contributed by atoms with Gasteiger partial charge in [0.25, 0.3) is 19.2 Å². The Balaban J connectivity index is 0.000000177. The van der Waals surface area contributed by atoms with Crippen LogP contribution in [0.5, 0.6) is 0 Å². The Kier molecular flexibility index (Phi) is 12.4. The van der Waals surface area contributed by atoms with Crippen LogP contribution in [0.3, 0.4) is 0 Å². The predicted molar refractivity (Wildman–Crippen MR) is 180 cm³/mol. The summed E-state index contributed by atoms with van der Waals surface area (Å²) < 4.78 is 73.5. The van der Waals surface area contributed by atoms with E-state index in [1.165, 1.54) is 6.07 Å². The Hall–Kier alpha value is -2.65. The number of fused-ring (bicyclic) bond motifs is 2. The van der Waals surface area contributed by atoms with E-state index >= 15 is 0 Å². The van der Waals surface area contributed by atoms with E-state index in [9.17, 15) is 16.8 Å². The van der Waals surface area contributed by atoms with Crippen molar-refractivity contribution in [1.82, 2.24) is 0 Å². The molecule has 2 saturated heterocycles. The normalized spacial score (nSPS) is 20.3. The van der Waals surface area contributed by atoms with Crippen LogP contribution in [0.4, 0.5) is 0 Å². The Morgan fingerprint density at radius 2 is 1.15 bits per heavy atom. The molecule has 13 heteroatoms. The molecule has 2 aliphatic rings. The summed E-state index contributed by atoms with van der Waals surface area (Å²) in [6.07, 6.45) is 1.08. The molecule has 2 atom stereocenters. The number of aliphatic hydroxyl groups is 1. The molecule has 1 N–H and O–H groups in total. The Morgan fingerprint density at radius 3 is 1.60 bits per heavy atom. The van der Waals surface area contributed by atoms with E-state index in [0.29, 0.717) is 26.1 Å². The third-order valence-corrected chi connectivity index (χ3v) is 9.94. The van der Waals surface area contributed by atoms with Gasteiger partial charge >= 0.3 is 0 Å². The van der Waals surface area contributed by atoms with Gasteiger partial charge in [0.1, 0.15) is 0 Å². The standard InChI is InChI=1S/C17H20O5S.C10H7ClO2S.C7H14O3/c1-17(2)20-12-15(22-17)9-10-21-23(18,19)16-8-7-13-5-3-4-6-14(13)11-16;11-14(12,13)10-6-5-8-3-1-2-4-9(8)7-10;1-7(2)9-5-6(10-7)3-4-8/h3-8,11,15H,9-10,12H2,1-2H3;1-7H;6,8H,3-5H2,1-2H3. The van der Waals surface area contributed by atoms with Crippen molar-refractivity contribution in [3.8, 4) is 0 Å². The quantitative estimate of drug-likeness (QED) is 0.162. The van der Waals surface area contributed by atoms with Crippen LogP contribution < -0.4 is 0 Å². The smallest absolute Gasteiger partial charge is 0.296 e. The van der Waals surface area contributed by atoms with Gasteiger partial charge in [0, 0.05) is 23.7 Å². The fourth-order valence-corrected chi connectivity index (χ4v) is 6.70.